The van der Waals surface area contributed by atoms with E-state index in [0.29, 0.717) is 4.73 Å². The van der Waals surface area contributed by atoms with E-state index in [0.717, 1.165) is 12.1 Å². The molecule has 0 aromatic carbocycles. The van der Waals surface area contributed by atoms with E-state index in [1.165, 1.54) is 0 Å². The van der Waals surface area contributed by atoms with Crippen LogP contribution in [-0.4, -0.2) is 45.3 Å². The first kappa shape index (κ1) is 17.5. The zero-order chi connectivity index (χ0) is 16.9. The predicted molar refractivity (Wildman–Crippen MR) is 76.6 cm³/mol. The van der Waals surface area contributed by atoms with Crippen LogP contribution in [0.15, 0.2) is 12.1 Å². The van der Waals surface area contributed by atoms with Crippen LogP contribution in [0.1, 0.15) is 27.7 Å². The average molecular weight is 315 g/mol. The molecule has 0 fully saturated rings. The number of aromatic hydroxyl groups is 2. The molecule has 0 radical (unpaired) electrons. The first-order chi connectivity index (χ1) is 10.1. The summed E-state index contributed by atoms with van der Waals surface area (Å²) in [4.78, 5) is 27.7. The van der Waals surface area contributed by atoms with Crippen molar-refractivity contribution in [3.8, 4) is 11.8 Å². The zero-order valence-electron chi connectivity index (χ0n) is 12.9. The van der Waals surface area contributed by atoms with Crippen LogP contribution < -0.4 is 15.5 Å². The van der Waals surface area contributed by atoms with Gasteiger partial charge in [-0.25, -0.2) is 9.59 Å². The van der Waals surface area contributed by atoms with E-state index in [9.17, 15) is 19.8 Å². The maximum atomic E-state index is 11.5. The minimum Gasteiger partial charge on any atom is -0.492 e. The second kappa shape index (κ2) is 6.92. The number of amides is 2. The molecular weight excluding hydrogens is 294 g/mol. The first-order valence-electron chi connectivity index (χ1n) is 6.64. The maximum Gasteiger partial charge on any atom is 0.432 e. The molecule has 22 heavy (non-hydrogen) atoms. The molecule has 1 aromatic rings. The largest absolute Gasteiger partial charge is 0.492 e. The van der Waals surface area contributed by atoms with Crippen molar-refractivity contribution < 1.29 is 29.4 Å². The van der Waals surface area contributed by atoms with Crippen molar-refractivity contribution in [2.24, 2.45) is 0 Å². The molecule has 0 aliphatic rings. The van der Waals surface area contributed by atoms with E-state index in [-0.39, 0.29) is 6.54 Å². The van der Waals surface area contributed by atoms with Gasteiger partial charge in [-0.05, 0) is 27.7 Å². The fraction of sp³-hybridized carbons (Fsp3) is 0.538. The highest BCUT2D eigenvalue weighted by Gasteiger charge is 2.18. The highest BCUT2D eigenvalue weighted by atomic mass is 16.7. The lowest BCUT2D eigenvalue weighted by molar-refractivity contribution is 0.0506. The van der Waals surface area contributed by atoms with Crippen LogP contribution in [-0.2, 0) is 4.74 Å². The number of ether oxygens (including phenoxy) is 1. The Morgan fingerprint density at radius 3 is 2.27 bits per heavy atom. The van der Waals surface area contributed by atoms with Crippen LogP contribution in [0.5, 0.6) is 11.8 Å². The lowest BCUT2D eigenvalue weighted by atomic mass is 10.2. The van der Waals surface area contributed by atoms with E-state index in [1.54, 1.807) is 27.7 Å². The van der Waals surface area contributed by atoms with Crippen molar-refractivity contribution in [2.45, 2.75) is 39.3 Å². The van der Waals surface area contributed by atoms with Gasteiger partial charge in [0.1, 0.15) is 5.60 Å². The SMILES string of the molecule is C[C@H](CNC(=O)On1c(O)ccc1O)NC(=O)OC(C)(C)C. The first-order valence-corrected chi connectivity index (χ1v) is 6.64. The van der Waals surface area contributed by atoms with Gasteiger partial charge >= 0.3 is 12.2 Å². The lowest BCUT2D eigenvalue weighted by Crippen LogP contribution is -2.45. The van der Waals surface area contributed by atoms with Gasteiger partial charge in [0.2, 0.25) is 11.8 Å². The van der Waals surface area contributed by atoms with Crippen LogP contribution in [0.25, 0.3) is 0 Å². The molecule has 4 N–H and O–H groups in total. The van der Waals surface area contributed by atoms with Crippen LogP contribution >= 0.6 is 0 Å². The summed E-state index contributed by atoms with van der Waals surface area (Å²) in [6.45, 7) is 6.95. The topological polar surface area (TPSA) is 122 Å². The van der Waals surface area contributed by atoms with Gasteiger partial charge in [0.05, 0.1) is 0 Å². The molecule has 0 saturated heterocycles. The second-order valence-electron chi connectivity index (χ2n) is 5.65. The molecule has 0 spiro atoms. The number of nitrogens with one attached hydrogen (secondary N) is 2. The second-order valence-corrected chi connectivity index (χ2v) is 5.65. The third-order valence-electron chi connectivity index (χ3n) is 2.29. The zero-order valence-corrected chi connectivity index (χ0v) is 12.9. The number of carbonyl (C=O) groups is 2. The van der Waals surface area contributed by atoms with Crippen molar-refractivity contribution >= 4 is 12.2 Å². The maximum absolute atomic E-state index is 11.5. The Hall–Kier alpha value is -2.58. The Bertz CT molecular complexity index is 515. The number of carbonyl (C=O) groups excluding carboxylic acids is 2. The van der Waals surface area contributed by atoms with Crippen LogP contribution in [0.3, 0.4) is 0 Å². The summed E-state index contributed by atoms with van der Waals surface area (Å²) < 4.78 is 5.62. The minimum atomic E-state index is -0.903. The van der Waals surface area contributed by atoms with Gasteiger partial charge in [-0.15, -0.1) is 4.73 Å². The quantitative estimate of drug-likeness (QED) is 0.656. The smallest absolute Gasteiger partial charge is 0.432 e. The van der Waals surface area contributed by atoms with Gasteiger partial charge in [0.25, 0.3) is 0 Å². The van der Waals surface area contributed by atoms with Crippen molar-refractivity contribution in [3.63, 3.8) is 0 Å². The standard InChI is InChI=1S/C13H21N3O6/c1-8(15-12(20)21-13(2,3)4)7-14-11(19)22-16-9(17)5-6-10(16)18/h5-6,8,17-18H,7H2,1-4H3,(H,14,19)(H,15,20)/t8-/m1/s1. The fourth-order valence-corrected chi connectivity index (χ4v) is 1.41. The molecule has 0 saturated carbocycles. The molecule has 124 valence electrons. The van der Waals surface area contributed by atoms with Gasteiger partial charge in [-0.2, -0.15) is 0 Å². The number of aromatic nitrogens is 1. The molecule has 1 atom stereocenters. The third-order valence-corrected chi connectivity index (χ3v) is 2.29. The molecule has 0 aliphatic heterocycles. The van der Waals surface area contributed by atoms with Crippen LogP contribution in [0.4, 0.5) is 9.59 Å². The lowest BCUT2D eigenvalue weighted by Gasteiger charge is -2.22. The van der Waals surface area contributed by atoms with Gasteiger partial charge in [-0.1, -0.05) is 0 Å². The van der Waals surface area contributed by atoms with E-state index >= 15 is 0 Å². The van der Waals surface area contributed by atoms with Crippen molar-refractivity contribution in [1.82, 2.24) is 15.4 Å². The van der Waals surface area contributed by atoms with E-state index < -0.39 is 35.6 Å². The molecule has 1 rings (SSSR count). The Morgan fingerprint density at radius 1 is 1.23 bits per heavy atom. The average Bonchev–Trinajstić information content (AvgIpc) is 2.65. The van der Waals surface area contributed by atoms with Crippen LogP contribution in [0, 0.1) is 0 Å². The van der Waals surface area contributed by atoms with Gasteiger partial charge < -0.3 is 30.4 Å². The molecule has 2 amide bonds. The van der Waals surface area contributed by atoms with Crippen LogP contribution in [0.2, 0.25) is 0 Å². The Labute approximate surface area is 127 Å². The number of hydrogen-bond acceptors (Lipinski definition) is 6. The summed E-state index contributed by atoms with van der Waals surface area (Å²) in [5.41, 5.74) is -0.611. The van der Waals surface area contributed by atoms with E-state index in [2.05, 4.69) is 15.5 Å². The monoisotopic (exact) mass is 315 g/mol. The van der Waals surface area contributed by atoms with E-state index in [4.69, 9.17) is 4.74 Å². The highest BCUT2D eigenvalue weighted by molar-refractivity contribution is 5.69. The summed E-state index contributed by atoms with van der Waals surface area (Å²) in [6, 6.07) is 1.92. The normalized spacial score (nSPS) is 12.4. The molecule has 0 aliphatic carbocycles. The summed E-state index contributed by atoms with van der Waals surface area (Å²) in [6.07, 6.45) is -1.50. The Kier molecular flexibility index (Phi) is 5.50. The summed E-state index contributed by atoms with van der Waals surface area (Å²) in [5, 5.41) is 23.5. The molecule has 0 bridgehead atoms. The Morgan fingerprint density at radius 2 is 1.77 bits per heavy atom. The number of nitrogens with zero attached hydrogens (tertiary/aromatic N) is 1. The molecule has 9 nitrogen and oxygen atoms in total. The summed E-state index contributed by atoms with van der Waals surface area (Å²) in [5.74, 6) is -0.847. The summed E-state index contributed by atoms with van der Waals surface area (Å²) in [7, 11) is 0. The highest BCUT2D eigenvalue weighted by Crippen LogP contribution is 2.18. The van der Waals surface area contributed by atoms with Gasteiger partial charge in [0.15, 0.2) is 0 Å². The molecule has 1 heterocycles. The third kappa shape index (κ3) is 5.81. The molecular formula is C13H21N3O6. The van der Waals surface area contributed by atoms with Crippen molar-refractivity contribution in [1.29, 1.82) is 0 Å². The fourth-order valence-electron chi connectivity index (χ4n) is 1.41. The molecule has 0 unspecified atom stereocenters. The molecule has 9 heteroatoms. The molecule has 1 aromatic heterocycles. The number of rotatable bonds is 4. The Balaban J connectivity index is 2.36. The predicted octanol–water partition coefficient (Wildman–Crippen LogP) is 0.951. The number of alkyl carbamates (subject to hydrolysis) is 1. The van der Waals surface area contributed by atoms with Gasteiger partial charge in [0, 0.05) is 24.7 Å². The van der Waals surface area contributed by atoms with Crippen molar-refractivity contribution in [3.05, 3.63) is 12.1 Å². The minimum absolute atomic E-state index is 0.0703. The van der Waals surface area contributed by atoms with Crippen molar-refractivity contribution in [2.75, 3.05) is 6.54 Å². The van der Waals surface area contributed by atoms with E-state index in [1.807, 2.05) is 0 Å². The van der Waals surface area contributed by atoms with Gasteiger partial charge in [-0.3, -0.25) is 0 Å². The summed E-state index contributed by atoms with van der Waals surface area (Å²) >= 11 is 0. The number of hydrogen-bond donors (Lipinski definition) is 4.